The Kier molecular flexibility index (Phi) is 5.68. The molecule has 1 aliphatic rings. The molecule has 166 valence electrons. The molecule has 0 amide bonds. The Morgan fingerprint density at radius 1 is 0.939 bits per heavy atom. The van der Waals surface area contributed by atoms with Crippen LogP contribution in [0.2, 0.25) is 0 Å². The van der Waals surface area contributed by atoms with E-state index < -0.39 is 0 Å². The number of nitrogens with one attached hydrogen (secondary N) is 1. The third kappa shape index (κ3) is 3.91. The van der Waals surface area contributed by atoms with Gasteiger partial charge in [-0.05, 0) is 72.2 Å². The van der Waals surface area contributed by atoms with Crippen LogP contribution in [0.25, 0.3) is 5.69 Å². The Morgan fingerprint density at radius 2 is 1.70 bits per heavy atom. The predicted octanol–water partition coefficient (Wildman–Crippen LogP) is 6.31. The molecule has 2 aromatic heterocycles. The minimum Gasteiger partial charge on any atom is -0.351 e. The molecule has 0 spiro atoms. The van der Waals surface area contributed by atoms with E-state index in [4.69, 9.17) is 12.2 Å². The number of nitrogens with zero attached hydrogens (tertiary/aromatic N) is 3. The van der Waals surface area contributed by atoms with E-state index in [-0.39, 0.29) is 17.9 Å². The van der Waals surface area contributed by atoms with Gasteiger partial charge < -0.3 is 14.8 Å². The van der Waals surface area contributed by atoms with Crippen LogP contribution < -0.4 is 10.2 Å². The summed E-state index contributed by atoms with van der Waals surface area (Å²) in [6.45, 7) is 4.36. The van der Waals surface area contributed by atoms with Crippen LogP contribution in [0.15, 0.2) is 91.3 Å². The minimum absolute atomic E-state index is 0.191. The van der Waals surface area contributed by atoms with Crippen LogP contribution in [0.1, 0.15) is 48.8 Å². The van der Waals surface area contributed by atoms with Crippen molar-refractivity contribution in [3.63, 3.8) is 0 Å². The molecular weight excluding hydrogens is 431 g/mol. The Labute approximate surface area is 198 Å². The second kappa shape index (κ2) is 8.79. The quantitative estimate of drug-likeness (QED) is 0.357. The van der Waals surface area contributed by atoms with Crippen molar-refractivity contribution in [2.24, 2.45) is 0 Å². The summed E-state index contributed by atoms with van der Waals surface area (Å²) in [4.78, 5) is 6.73. The maximum Gasteiger partial charge on any atom is 0.174 e. The molecule has 0 bridgehead atoms. The summed E-state index contributed by atoms with van der Waals surface area (Å²) >= 11 is 5.82. The molecule has 1 fully saturated rings. The van der Waals surface area contributed by atoms with Crippen molar-refractivity contribution < 1.29 is 4.39 Å². The molecule has 1 aliphatic heterocycles. The number of hydrogen-bond acceptors (Lipinski definition) is 2. The highest BCUT2D eigenvalue weighted by atomic mass is 32.1. The second-order valence-corrected chi connectivity index (χ2v) is 8.88. The number of hydrogen-bond donors (Lipinski definition) is 1. The van der Waals surface area contributed by atoms with Crippen molar-refractivity contribution in [1.82, 2.24) is 14.9 Å². The van der Waals surface area contributed by atoms with E-state index in [2.05, 4.69) is 53.3 Å². The van der Waals surface area contributed by atoms with Gasteiger partial charge in [-0.1, -0.05) is 44.2 Å². The van der Waals surface area contributed by atoms with E-state index in [0.717, 1.165) is 17.1 Å². The third-order valence-electron chi connectivity index (χ3n) is 6.13. The average molecular weight is 457 g/mol. The van der Waals surface area contributed by atoms with E-state index in [1.807, 2.05) is 47.2 Å². The molecule has 2 atom stereocenters. The SMILES string of the molecule is CC(C)c1ccc(N2C(=S)N[C@H](c3ccccn3)[C@H]2c2cccn2-c2ccccc2F)cc1. The zero-order valence-electron chi connectivity index (χ0n) is 18.5. The van der Waals surface area contributed by atoms with Gasteiger partial charge in [0.05, 0.1) is 17.4 Å². The molecule has 0 aliphatic carbocycles. The van der Waals surface area contributed by atoms with Gasteiger partial charge in [0.2, 0.25) is 0 Å². The molecular formula is C27H25FN4S. The van der Waals surface area contributed by atoms with Crippen molar-refractivity contribution >= 4 is 23.0 Å². The number of para-hydroxylation sites is 1. The van der Waals surface area contributed by atoms with Gasteiger partial charge >= 0.3 is 0 Å². The zero-order valence-corrected chi connectivity index (χ0v) is 19.3. The van der Waals surface area contributed by atoms with Crippen molar-refractivity contribution in [1.29, 1.82) is 0 Å². The lowest BCUT2D eigenvalue weighted by atomic mass is 9.99. The first-order valence-corrected chi connectivity index (χ1v) is 11.5. The summed E-state index contributed by atoms with van der Waals surface area (Å²) in [5, 5.41) is 4.10. The second-order valence-electron chi connectivity index (χ2n) is 8.50. The van der Waals surface area contributed by atoms with Gasteiger partial charge in [-0.25, -0.2) is 4.39 Å². The summed E-state index contributed by atoms with van der Waals surface area (Å²) in [7, 11) is 0. The smallest absolute Gasteiger partial charge is 0.174 e. The fourth-order valence-electron chi connectivity index (χ4n) is 4.45. The molecule has 4 aromatic rings. The van der Waals surface area contributed by atoms with Gasteiger partial charge in [-0.3, -0.25) is 4.98 Å². The first-order valence-electron chi connectivity index (χ1n) is 11.1. The molecule has 1 saturated heterocycles. The standard InChI is InChI=1S/C27H25FN4S/c1-18(2)19-12-14-20(15-13-19)32-26(25(30-27(32)33)22-9-5-6-16-29-22)24-11-7-17-31(24)23-10-4-3-8-21(23)28/h3-18,25-26H,1-2H3,(H,30,33)/t25-,26-/m1/s1. The number of anilines is 1. The summed E-state index contributed by atoms with van der Waals surface area (Å²) in [5.41, 5.74) is 4.57. The molecule has 5 rings (SSSR count). The summed E-state index contributed by atoms with van der Waals surface area (Å²) < 4.78 is 16.7. The molecule has 1 N–H and O–H groups in total. The van der Waals surface area contributed by atoms with Crippen LogP contribution in [-0.4, -0.2) is 14.7 Å². The van der Waals surface area contributed by atoms with Gasteiger partial charge in [0, 0.05) is 23.8 Å². The normalized spacial score (nSPS) is 18.1. The van der Waals surface area contributed by atoms with Crippen LogP contribution in [0.5, 0.6) is 0 Å². The van der Waals surface area contributed by atoms with E-state index in [1.165, 1.54) is 11.6 Å². The molecule has 4 nitrogen and oxygen atoms in total. The van der Waals surface area contributed by atoms with Crippen LogP contribution in [0, 0.1) is 5.82 Å². The van der Waals surface area contributed by atoms with E-state index >= 15 is 0 Å². The highest BCUT2D eigenvalue weighted by molar-refractivity contribution is 7.80. The van der Waals surface area contributed by atoms with Gasteiger partial charge in [0.25, 0.3) is 0 Å². The average Bonchev–Trinajstić information content (AvgIpc) is 3.44. The highest BCUT2D eigenvalue weighted by Gasteiger charge is 2.42. The topological polar surface area (TPSA) is 33.1 Å². The number of aromatic nitrogens is 2. The summed E-state index contributed by atoms with van der Waals surface area (Å²) in [6.07, 6.45) is 3.68. The summed E-state index contributed by atoms with van der Waals surface area (Å²) in [6, 6.07) is 24.7. The fraction of sp³-hybridized carbons (Fsp3) is 0.185. The van der Waals surface area contributed by atoms with Gasteiger partial charge in [-0.2, -0.15) is 0 Å². The zero-order chi connectivity index (χ0) is 22.9. The molecule has 3 heterocycles. The molecule has 0 radical (unpaired) electrons. The Morgan fingerprint density at radius 3 is 2.39 bits per heavy atom. The molecule has 0 unspecified atom stereocenters. The molecule has 6 heteroatoms. The first kappa shape index (κ1) is 21.3. The Hall–Kier alpha value is -3.51. The molecule has 2 aromatic carbocycles. The van der Waals surface area contributed by atoms with Crippen molar-refractivity contribution in [2.45, 2.75) is 31.8 Å². The lowest BCUT2D eigenvalue weighted by Crippen LogP contribution is -2.30. The maximum absolute atomic E-state index is 14.8. The van der Waals surface area contributed by atoms with Crippen LogP contribution in [-0.2, 0) is 0 Å². The lowest BCUT2D eigenvalue weighted by molar-refractivity contribution is 0.544. The van der Waals surface area contributed by atoms with Crippen molar-refractivity contribution in [3.8, 4) is 5.69 Å². The monoisotopic (exact) mass is 456 g/mol. The van der Waals surface area contributed by atoms with Gasteiger partial charge in [0.15, 0.2) is 5.11 Å². The van der Waals surface area contributed by atoms with Crippen LogP contribution >= 0.6 is 12.2 Å². The van der Waals surface area contributed by atoms with Crippen molar-refractivity contribution in [3.05, 3.63) is 114 Å². The van der Waals surface area contributed by atoms with Crippen LogP contribution in [0.3, 0.4) is 0 Å². The lowest BCUT2D eigenvalue weighted by Gasteiger charge is -2.29. The fourth-order valence-corrected chi connectivity index (χ4v) is 4.80. The van der Waals surface area contributed by atoms with Crippen LogP contribution in [0.4, 0.5) is 10.1 Å². The number of thiocarbonyl (C=S) groups is 1. The maximum atomic E-state index is 14.8. The van der Waals surface area contributed by atoms with E-state index in [1.54, 1.807) is 18.3 Å². The number of pyridine rings is 1. The van der Waals surface area contributed by atoms with Gasteiger partial charge in [0.1, 0.15) is 11.9 Å². The number of benzene rings is 2. The van der Waals surface area contributed by atoms with Gasteiger partial charge in [-0.15, -0.1) is 0 Å². The van der Waals surface area contributed by atoms with Crippen molar-refractivity contribution in [2.75, 3.05) is 4.90 Å². The Bertz CT molecular complexity index is 1270. The van der Waals surface area contributed by atoms with E-state index in [9.17, 15) is 4.39 Å². The Balaban J connectivity index is 1.65. The first-order chi connectivity index (χ1) is 16.0. The largest absolute Gasteiger partial charge is 0.351 e. The molecule has 0 saturated carbocycles. The number of rotatable bonds is 5. The minimum atomic E-state index is -0.272. The molecule has 33 heavy (non-hydrogen) atoms. The predicted molar refractivity (Wildman–Crippen MR) is 134 cm³/mol. The van der Waals surface area contributed by atoms with E-state index in [0.29, 0.717) is 16.7 Å². The highest BCUT2D eigenvalue weighted by Crippen LogP contribution is 2.42. The third-order valence-corrected chi connectivity index (χ3v) is 6.45. The summed E-state index contributed by atoms with van der Waals surface area (Å²) in [5.74, 6) is 0.170. The number of halogens is 1.